The van der Waals surface area contributed by atoms with Gasteiger partial charge in [0.15, 0.2) is 0 Å². The molecule has 0 aromatic heterocycles. The summed E-state index contributed by atoms with van der Waals surface area (Å²) in [4.78, 5) is 35.9. The zero-order valence-electron chi connectivity index (χ0n) is 14.7. The first-order chi connectivity index (χ1) is 12.5. The third-order valence-electron chi connectivity index (χ3n) is 4.25. The van der Waals surface area contributed by atoms with Crippen LogP contribution in [0.3, 0.4) is 0 Å². The van der Waals surface area contributed by atoms with E-state index in [2.05, 4.69) is 10.6 Å². The van der Waals surface area contributed by atoms with Gasteiger partial charge in [-0.2, -0.15) is 13.2 Å². The van der Waals surface area contributed by atoms with Crippen LogP contribution in [0.25, 0.3) is 0 Å². The fraction of sp³-hybridized carbons (Fsp3) is 0.471. The summed E-state index contributed by atoms with van der Waals surface area (Å²) in [6, 6.07) is 5.31. The number of likely N-dealkylation sites (tertiary alicyclic amines) is 1. The van der Waals surface area contributed by atoms with Crippen molar-refractivity contribution in [3.8, 4) is 0 Å². The van der Waals surface area contributed by atoms with Crippen molar-refractivity contribution < 1.29 is 32.7 Å². The molecular weight excluding hydrogens is 367 g/mol. The predicted octanol–water partition coefficient (Wildman–Crippen LogP) is 3.01. The Morgan fingerprint density at radius 3 is 2.22 bits per heavy atom. The number of hydrogen-bond donors (Lipinski definition) is 3. The van der Waals surface area contributed by atoms with Crippen molar-refractivity contribution in [1.29, 1.82) is 0 Å². The van der Waals surface area contributed by atoms with Crippen LogP contribution in [0.15, 0.2) is 24.3 Å². The van der Waals surface area contributed by atoms with Gasteiger partial charge in [0, 0.05) is 30.4 Å². The second-order valence-corrected chi connectivity index (χ2v) is 6.65. The Morgan fingerprint density at radius 1 is 1.15 bits per heavy atom. The summed E-state index contributed by atoms with van der Waals surface area (Å²) < 4.78 is 39.0. The Bertz CT molecular complexity index is 736. The third kappa shape index (κ3) is 5.11. The Kier molecular flexibility index (Phi) is 5.97. The molecule has 10 heteroatoms. The van der Waals surface area contributed by atoms with Crippen LogP contribution in [0.2, 0.25) is 0 Å². The number of nitrogens with zero attached hydrogens (tertiary/aromatic N) is 1. The van der Waals surface area contributed by atoms with Crippen LogP contribution in [0.1, 0.15) is 13.8 Å². The lowest BCUT2D eigenvalue weighted by Crippen LogP contribution is -2.35. The first-order valence-electron chi connectivity index (χ1n) is 8.25. The van der Waals surface area contributed by atoms with E-state index in [1.807, 2.05) is 0 Å². The molecule has 2 atom stereocenters. The van der Waals surface area contributed by atoms with Crippen LogP contribution in [0.5, 0.6) is 0 Å². The maximum absolute atomic E-state index is 13.0. The molecule has 1 heterocycles. The Morgan fingerprint density at radius 2 is 1.74 bits per heavy atom. The highest BCUT2D eigenvalue weighted by Gasteiger charge is 2.53. The van der Waals surface area contributed by atoms with Crippen LogP contribution >= 0.6 is 0 Å². The van der Waals surface area contributed by atoms with Gasteiger partial charge in [-0.3, -0.25) is 9.59 Å². The number of anilines is 2. The van der Waals surface area contributed by atoms with Gasteiger partial charge in [-0.25, -0.2) is 4.79 Å². The summed E-state index contributed by atoms with van der Waals surface area (Å²) >= 11 is 0. The minimum absolute atomic E-state index is 0.227. The molecule has 1 saturated heterocycles. The van der Waals surface area contributed by atoms with Crippen molar-refractivity contribution in [2.24, 2.45) is 17.8 Å². The van der Waals surface area contributed by atoms with E-state index in [4.69, 9.17) is 5.11 Å². The molecule has 27 heavy (non-hydrogen) atoms. The molecule has 0 saturated carbocycles. The van der Waals surface area contributed by atoms with Gasteiger partial charge in [-0.15, -0.1) is 0 Å². The van der Waals surface area contributed by atoms with Gasteiger partial charge in [-0.1, -0.05) is 19.9 Å². The van der Waals surface area contributed by atoms with Gasteiger partial charge in [0.05, 0.1) is 11.8 Å². The topological polar surface area (TPSA) is 98.7 Å². The number of urea groups is 1. The molecule has 148 valence electrons. The van der Waals surface area contributed by atoms with Gasteiger partial charge in [0.1, 0.15) is 0 Å². The molecule has 3 amide bonds. The molecule has 0 aliphatic carbocycles. The van der Waals surface area contributed by atoms with Crippen LogP contribution in [-0.4, -0.2) is 47.2 Å². The average Bonchev–Trinajstić information content (AvgIpc) is 3.01. The van der Waals surface area contributed by atoms with E-state index in [1.54, 1.807) is 26.0 Å². The molecule has 1 fully saturated rings. The normalized spacial score (nSPS) is 19.9. The van der Waals surface area contributed by atoms with E-state index < -0.39 is 43.1 Å². The summed E-state index contributed by atoms with van der Waals surface area (Å²) in [6.07, 6.45) is -4.71. The number of carbonyl (C=O) groups is 3. The summed E-state index contributed by atoms with van der Waals surface area (Å²) in [7, 11) is 0. The molecule has 0 unspecified atom stereocenters. The Hall–Kier alpha value is -2.78. The average molecular weight is 387 g/mol. The van der Waals surface area contributed by atoms with Crippen molar-refractivity contribution in [3.05, 3.63) is 24.3 Å². The predicted molar refractivity (Wildman–Crippen MR) is 91.2 cm³/mol. The highest BCUT2D eigenvalue weighted by atomic mass is 19.4. The lowest BCUT2D eigenvalue weighted by molar-refractivity contribution is -0.187. The smallest absolute Gasteiger partial charge is 0.394 e. The van der Waals surface area contributed by atoms with Crippen LogP contribution < -0.4 is 10.6 Å². The second kappa shape index (κ2) is 7.85. The Balaban J connectivity index is 2.07. The standard InChI is InChI=1S/C17H20F3N3O4/c1-9(2)14(24)21-10-4-3-5-11(6-10)22-16(27)23-7-12(15(25)26)13(8-23)17(18,19)20/h3-6,9,12-13H,7-8H2,1-2H3,(H,21,24)(H,22,27)(H,25,26)/t12-,13-/m1/s1. The minimum atomic E-state index is -4.71. The SMILES string of the molecule is CC(C)C(=O)Nc1cccc(NC(=O)N2C[C@@H](C(F)(F)F)[C@H](C(=O)O)C2)c1. The van der Waals surface area contributed by atoms with E-state index in [-0.39, 0.29) is 17.5 Å². The third-order valence-corrected chi connectivity index (χ3v) is 4.25. The van der Waals surface area contributed by atoms with E-state index in [0.29, 0.717) is 5.69 Å². The van der Waals surface area contributed by atoms with E-state index in [9.17, 15) is 27.6 Å². The van der Waals surface area contributed by atoms with Crippen LogP contribution in [-0.2, 0) is 9.59 Å². The monoisotopic (exact) mass is 387 g/mol. The lowest BCUT2D eigenvalue weighted by Gasteiger charge is -2.19. The van der Waals surface area contributed by atoms with Crippen molar-refractivity contribution in [3.63, 3.8) is 0 Å². The second-order valence-electron chi connectivity index (χ2n) is 6.65. The molecule has 0 spiro atoms. The number of aliphatic carboxylic acids is 1. The Labute approximate surface area is 153 Å². The molecule has 1 aliphatic rings. The summed E-state index contributed by atoms with van der Waals surface area (Å²) in [5.74, 6) is -5.88. The number of halogens is 3. The molecule has 1 aliphatic heterocycles. The number of benzene rings is 1. The molecular formula is C17H20F3N3O4. The number of nitrogens with one attached hydrogen (secondary N) is 2. The number of amides is 3. The van der Waals surface area contributed by atoms with Gasteiger partial charge in [-0.05, 0) is 18.2 Å². The van der Waals surface area contributed by atoms with Gasteiger partial charge in [0.25, 0.3) is 0 Å². The van der Waals surface area contributed by atoms with E-state index >= 15 is 0 Å². The lowest BCUT2D eigenvalue weighted by atomic mass is 9.96. The molecule has 3 N–H and O–H groups in total. The van der Waals surface area contributed by atoms with Gasteiger partial charge < -0.3 is 20.6 Å². The molecule has 2 rings (SSSR count). The first kappa shape index (κ1) is 20.5. The maximum atomic E-state index is 13.0. The minimum Gasteiger partial charge on any atom is -0.481 e. The van der Waals surface area contributed by atoms with Gasteiger partial charge >= 0.3 is 18.2 Å². The maximum Gasteiger partial charge on any atom is 0.394 e. The zero-order valence-corrected chi connectivity index (χ0v) is 14.7. The molecule has 0 bridgehead atoms. The van der Waals surface area contributed by atoms with Crippen molar-refractivity contribution in [2.75, 3.05) is 23.7 Å². The molecule has 7 nitrogen and oxygen atoms in total. The summed E-state index contributed by atoms with van der Waals surface area (Å²) in [6.45, 7) is 2.17. The zero-order chi connectivity index (χ0) is 20.4. The highest BCUT2D eigenvalue weighted by Crippen LogP contribution is 2.37. The number of carboxylic acid groups (broad SMARTS) is 1. The fourth-order valence-electron chi connectivity index (χ4n) is 2.72. The quantitative estimate of drug-likeness (QED) is 0.740. The van der Waals surface area contributed by atoms with E-state index in [1.165, 1.54) is 12.1 Å². The fourth-order valence-corrected chi connectivity index (χ4v) is 2.72. The van der Waals surface area contributed by atoms with Crippen molar-refractivity contribution in [1.82, 2.24) is 4.90 Å². The summed E-state index contributed by atoms with van der Waals surface area (Å²) in [5, 5.41) is 14.1. The molecule has 0 radical (unpaired) electrons. The van der Waals surface area contributed by atoms with Crippen LogP contribution in [0.4, 0.5) is 29.3 Å². The van der Waals surface area contributed by atoms with Gasteiger partial charge in [0.2, 0.25) is 5.91 Å². The number of carboxylic acids is 1. The van der Waals surface area contributed by atoms with Crippen molar-refractivity contribution in [2.45, 2.75) is 20.0 Å². The number of alkyl halides is 3. The molecule has 1 aromatic carbocycles. The summed E-state index contributed by atoms with van der Waals surface area (Å²) in [5.41, 5.74) is 0.688. The highest BCUT2D eigenvalue weighted by molar-refractivity contribution is 5.94. The number of rotatable bonds is 4. The van der Waals surface area contributed by atoms with Crippen LogP contribution in [0, 0.1) is 17.8 Å². The number of carbonyl (C=O) groups excluding carboxylic acids is 2. The largest absolute Gasteiger partial charge is 0.481 e. The molecule has 1 aromatic rings. The first-order valence-corrected chi connectivity index (χ1v) is 8.25. The number of hydrogen-bond acceptors (Lipinski definition) is 3. The van der Waals surface area contributed by atoms with E-state index in [0.717, 1.165) is 4.90 Å². The van der Waals surface area contributed by atoms with Crippen molar-refractivity contribution >= 4 is 29.3 Å².